The fourth-order valence-corrected chi connectivity index (χ4v) is 4.86. The molecular weight excluding hydrogens is 473 g/mol. The molecule has 13 heteroatoms. The number of hydrogen-bond donors (Lipinski definition) is 5. The molecule has 0 aromatic heterocycles. The number of nitrogens with two attached hydrogens (primary N) is 1. The molecule has 0 aliphatic rings. The van der Waals surface area contributed by atoms with Crippen LogP contribution in [0, 0.1) is 5.92 Å². The summed E-state index contributed by atoms with van der Waals surface area (Å²) >= 11 is -1.34. The molecule has 6 N–H and O–H groups in total. The van der Waals surface area contributed by atoms with Gasteiger partial charge in [-0.2, -0.15) is 0 Å². The molecule has 186 valence electrons. The molecule has 0 aliphatic heterocycles. The predicted molar refractivity (Wildman–Crippen MR) is 124 cm³/mol. The van der Waals surface area contributed by atoms with Crippen LogP contribution in [0.4, 0.5) is 4.79 Å². The van der Waals surface area contributed by atoms with Gasteiger partial charge in [-0.3, -0.25) is 14.7 Å². The smallest absolute Gasteiger partial charge is 0.342 e. The normalized spacial score (nSPS) is 15.5. The highest BCUT2D eigenvalue weighted by Gasteiger charge is 2.40. The maximum absolute atomic E-state index is 13.3. The predicted octanol–water partition coefficient (Wildman–Crippen LogP) is 0.866. The number of primary amides is 1. The molecule has 3 amide bonds. The van der Waals surface area contributed by atoms with E-state index in [0.29, 0.717) is 10.5 Å². The van der Waals surface area contributed by atoms with E-state index in [1.807, 2.05) is 0 Å². The van der Waals surface area contributed by atoms with E-state index in [4.69, 9.17) is 5.73 Å². The van der Waals surface area contributed by atoms with E-state index in [9.17, 15) is 38.4 Å². The maximum atomic E-state index is 13.3. The topological polar surface area (TPSA) is 193 Å². The van der Waals surface area contributed by atoms with Crippen LogP contribution in [0.1, 0.15) is 32.3 Å². The first-order chi connectivity index (χ1) is 15.2. The van der Waals surface area contributed by atoms with Crippen molar-refractivity contribution in [1.29, 1.82) is 0 Å². The fourth-order valence-electron chi connectivity index (χ4n) is 3.28. The molecular formula is C20H32N3O8PS. The van der Waals surface area contributed by atoms with Gasteiger partial charge in [-0.05, 0) is 17.9 Å². The zero-order valence-electron chi connectivity index (χ0n) is 18.8. The van der Waals surface area contributed by atoms with Crippen molar-refractivity contribution in [1.82, 2.24) is 10.2 Å². The van der Waals surface area contributed by atoms with Crippen molar-refractivity contribution in [3.05, 3.63) is 35.9 Å². The van der Waals surface area contributed by atoms with Gasteiger partial charge in [0, 0.05) is 12.8 Å². The number of carbonyl (C=O) groups is 3. The van der Waals surface area contributed by atoms with Crippen molar-refractivity contribution in [2.75, 3.05) is 12.0 Å². The quantitative estimate of drug-likeness (QED) is 0.191. The Balaban J connectivity index is 3.30. The summed E-state index contributed by atoms with van der Waals surface area (Å²) in [5.41, 5.74) is 5.95. The number of aliphatic carboxylic acids is 1. The van der Waals surface area contributed by atoms with Crippen LogP contribution in [-0.4, -0.2) is 72.1 Å². The first-order valence-corrected chi connectivity index (χ1v) is 13.6. The molecule has 1 rings (SSSR count). The van der Waals surface area contributed by atoms with Gasteiger partial charge in [0.2, 0.25) is 5.91 Å². The van der Waals surface area contributed by atoms with E-state index in [-0.39, 0.29) is 30.9 Å². The molecule has 0 radical (unpaired) electrons. The van der Waals surface area contributed by atoms with Crippen LogP contribution in [0.2, 0.25) is 0 Å². The zero-order valence-corrected chi connectivity index (χ0v) is 20.5. The van der Waals surface area contributed by atoms with Crippen LogP contribution >= 0.6 is 7.60 Å². The van der Waals surface area contributed by atoms with Crippen molar-refractivity contribution >= 4 is 36.7 Å². The minimum atomic E-state index is -4.77. The first-order valence-electron chi connectivity index (χ1n) is 10.2. The van der Waals surface area contributed by atoms with E-state index >= 15 is 0 Å². The summed E-state index contributed by atoms with van der Waals surface area (Å²) in [4.78, 5) is 57.4. The average molecular weight is 506 g/mol. The first kappa shape index (κ1) is 29.1. The van der Waals surface area contributed by atoms with Crippen LogP contribution in [0.3, 0.4) is 0 Å². The number of carbonyl (C=O) groups excluding carboxylic acids is 2. The lowest BCUT2D eigenvalue weighted by Crippen LogP contribution is -2.59. The molecule has 0 saturated carbocycles. The maximum Gasteiger partial charge on any atom is 0.342 e. The molecule has 2 unspecified atom stereocenters. The van der Waals surface area contributed by atoms with Crippen molar-refractivity contribution in [2.24, 2.45) is 11.7 Å². The number of amides is 3. The Hall–Kier alpha value is -1.95. The van der Waals surface area contributed by atoms with Gasteiger partial charge in [0.15, 0.2) is 0 Å². The molecule has 0 saturated heterocycles. The number of nitrogens with zero attached hydrogens (tertiary/aromatic N) is 1. The van der Waals surface area contributed by atoms with Gasteiger partial charge in [-0.15, -0.1) is 0 Å². The molecule has 0 spiro atoms. The van der Waals surface area contributed by atoms with Gasteiger partial charge in [0.05, 0.1) is 12.3 Å². The molecule has 33 heavy (non-hydrogen) atoms. The molecule has 0 fully saturated rings. The van der Waals surface area contributed by atoms with Crippen LogP contribution in [0.5, 0.6) is 0 Å². The second kappa shape index (κ2) is 13.1. The van der Waals surface area contributed by atoms with E-state index in [0.717, 1.165) is 0 Å². The van der Waals surface area contributed by atoms with Crippen LogP contribution in [0.15, 0.2) is 30.3 Å². The summed E-state index contributed by atoms with van der Waals surface area (Å²) in [6.45, 7) is 3.51. The molecule has 0 heterocycles. The van der Waals surface area contributed by atoms with Gasteiger partial charge < -0.3 is 25.2 Å². The Labute approximate surface area is 196 Å². The minimum absolute atomic E-state index is 0.0311. The average Bonchev–Trinajstić information content (AvgIpc) is 2.68. The second-order valence-corrected chi connectivity index (χ2v) is 11.5. The second-order valence-electron chi connectivity index (χ2n) is 8.11. The molecule has 1 aromatic rings. The summed E-state index contributed by atoms with van der Waals surface area (Å²) in [5.74, 6) is -4.16. The summed E-state index contributed by atoms with van der Waals surface area (Å²) in [6, 6.07) is 4.14. The number of carboxylic acids is 1. The molecule has 1 aromatic carbocycles. The summed E-state index contributed by atoms with van der Waals surface area (Å²) in [5, 5.41) is 12.3. The third kappa shape index (κ3) is 9.83. The lowest BCUT2D eigenvalue weighted by molar-refractivity contribution is -0.148. The van der Waals surface area contributed by atoms with E-state index < -0.39 is 54.5 Å². The Kier molecular flexibility index (Phi) is 11.5. The van der Waals surface area contributed by atoms with Crippen LogP contribution < -0.4 is 11.1 Å². The number of hydrogen-bond acceptors (Lipinski definition) is 6. The fraction of sp³-hybridized carbons (Fsp3) is 0.550. The Morgan fingerprint density at radius 2 is 1.79 bits per heavy atom. The number of benzene rings is 1. The third-order valence-electron chi connectivity index (χ3n) is 4.83. The van der Waals surface area contributed by atoms with Gasteiger partial charge in [0.1, 0.15) is 17.6 Å². The highest BCUT2D eigenvalue weighted by atomic mass is 32.2. The Morgan fingerprint density at radius 1 is 1.21 bits per heavy atom. The van der Waals surface area contributed by atoms with Gasteiger partial charge in [-0.1, -0.05) is 55.4 Å². The number of carboxylic acid groups (broad SMARTS) is 1. The van der Waals surface area contributed by atoms with Crippen molar-refractivity contribution < 1.29 is 38.4 Å². The third-order valence-corrected chi connectivity index (χ3v) is 6.86. The number of nitrogens with one attached hydrogen (secondary N) is 1. The SMILES string of the molecule is CC(C)C[C@H](NC(CC[S+](C)[O-])P(=O)(O)O)C(=O)N(C(N)=O)[C@@H](Cc1ccccc1)C(=O)O. The van der Waals surface area contributed by atoms with E-state index in [1.165, 1.54) is 6.26 Å². The van der Waals surface area contributed by atoms with Gasteiger partial charge in [0.25, 0.3) is 0 Å². The lowest BCUT2D eigenvalue weighted by Gasteiger charge is -2.32. The van der Waals surface area contributed by atoms with Crippen LogP contribution in [-0.2, 0) is 31.8 Å². The van der Waals surface area contributed by atoms with Crippen molar-refractivity contribution in [3.63, 3.8) is 0 Å². The highest BCUT2D eigenvalue weighted by molar-refractivity contribution is 7.90. The number of urea groups is 1. The minimum Gasteiger partial charge on any atom is -0.617 e. The Bertz CT molecular complexity index is 849. The standard InChI is InChI=1S/C20H32N3O8PS/c1-13(2)11-15(22-17(32(28,29)30)9-10-33(3)31)18(24)23(20(21)27)16(19(25)26)12-14-7-5-4-6-8-14/h4-8,13,15-17,22H,9-12H2,1-3H3,(H2,21,27)(H,25,26)(H2,28,29,30)/t15-,16-,17?,33?/m0/s1. The summed E-state index contributed by atoms with van der Waals surface area (Å²) < 4.78 is 23.4. The monoisotopic (exact) mass is 505 g/mol. The molecule has 11 nitrogen and oxygen atoms in total. The molecule has 0 bridgehead atoms. The number of imide groups is 1. The van der Waals surface area contributed by atoms with Crippen molar-refractivity contribution in [3.8, 4) is 0 Å². The summed E-state index contributed by atoms with van der Waals surface area (Å²) in [7, 11) is -4.77. The van der Waals surface area contributed by atoms with Crippen LogP contribution in [0.25, 0.3) is 0 Å². The highest BCUT2D eigenvalue weighted by Crippen LogP contribution is 2.42. The summed E-state index contributed by atoms with van der Waals surface area (Å²) in [6.07, 6.45) is 1.03. The number of rotatable bonds is 13. The largest absolute Gasteiger partial charge is 0.617 e. The van der Waals surface area contributed by atoms with Crippen molar-refractivity contribution in [2.45, 2.75) is 51.0 Å². The van der Waals surface area contributed by atoms with Gasteiger partial charge >= 0.3 is 19.6 Å². The van der Waals surface area contributed by atoms with E-state index in [1.54, 1.807) is 44.2 Å². The van der Waals surface area contributed by atoms with Gasteiger partial charge in [-0.25, -0.2) is 14.5 Å². The van der Waals surface area contributed by atoms with E-state index in [2.05, 4.69) is 5.32 Å². The zero-order chi connectivity index (χ0) is 25.3. The molecule has 0 aliphatic carbocycles. The lowest BCUT2D eigenvalue weighted by atomic mass is 10.00. The molecule has 4 atom stereocenters. The Morgan fingerprint density at radius 3 is 2.21 bits per heavy atom.